The minimum atomic E-state index is -0.495. The van der Waals surface area contributed by atoms with Gasteiger partial charge in [0.1, 0.15) is 0 Å². The van der Waals surface area contributed by atoms with E-state index in [1.165, 1.54) is 0 Å². The van der Waals surface area contributed by atoms with Gasteiger partial charge in [-0.3, -0.25) is 0 Å². The van der Waals surface area contributed by atoms with Gasteiger partial charge in [-0.05, 0) is 54.8 Å². The van der Waals surface area contributed by atoms with Crippen LogP contribution in [0.4, 0.5) is 0 Å². The molecule has 0 amide bonds. The van der Waals surface area contributed by atoms with Crippen molar-refractivity contribution in [2.45, 2.75) is 26.7 Å². The number of aryl methyl sites for hydroxylation is 2. The van der Waals surface area contributed by atoms with E-state index in [2.05, 4.69) is 0 Å². The maximum atomic E-state index is 12.6. The van der Waals surface area contributed by atoms with Crippen molar-refractivity contribution in [3.8, 4) is 11.5 Å². The van der Waals surface area contributed by atoms with Gasteiger partial charge in [-0.15, -0.1) is 0 Å². The fraction of sp³-hybridized carbons (Fsp3) is 0.167. The minimum Gasteiger partial charge on any atom is -0.419 e. The van der Waals surface area contributed by atoms with Gasteiger partial charge >= 0.3 is 11.9 Å². The third-order valence-electron chi connectivity index (χ3n) is 4.21. The molecule has 0 bridgehead atoms. The zero-order valence-corrected chi connectivity index (χ0v) is 16.0. The van der Waals surface area contributed by atoms with Crippen molar-refractivity contribution in [1.29, 1.82) is 0 Å². The van der Waals surface area contributed by atoms with Crippen molar-refractivity contribution in [3.63, 3.8) is 0 Å². The molecule has 3 aromatic carbocycles. The molecule has 3 aromatic rings. The fourth-order valence-electron chi connectivity index (χ4n) is 2.92. The molecular formula is C24H22O4. The largest absolute Gasteiger partial charge is 0.419 e. The summed E-state index contributed by atoms with van der Waals surface area (Å²) in [6.45, 7) is 3.96. The lowest BCUT2D eigenvalue weighted by molar-refractivity contribution is 0.0681. The predicted molar refractivity (Wildman–Crippen MR) is 108 cm³/mol. The monoisotopic (exact) mass is 374 g/mol. The number of esters is 2. The van der Waals surface area contributed by atoms with Crippen molar-refractivity contribution in [1.82, 2.24) is 0 Å². The van der Waals surface area contributed by atoms with Crippen LogP contribution in [0, 0.1) is 6.92 Å². The van der Waals surface area contributed by atoms with E-state index >= 15 is 0 Å². The maximum Gasteiger partial charge on any atom is 0.343 e. The van der Waals surface area contributed by atoms with Crippen molar-refractivity contribution in [2.24, 2.45) is 0 Å². The lowest BCUT2D eigenvalue weighted by Gasteiger charge is -2.16. The summed E-state index contributed by atoms with van der Waals surface area (Å²) >= 11 is 0. The van der Waals surface area contributed by atoms with E-state index in [-0.39, 0.29) is 5.75 Å². The highest BCUT2D eigenvalue weighted by atomic mass is 16.6. The van der Waals surface area contributed by atoms with Crippen LogP contribution in [0.1, 0.15) is 45.2 Å². The maximum absolute atomic E-state index is 12.6. The van der Waals surface area contributed by atoms with E-state index in [0.717, 1.165) is 17.5 Å². The highest BCUT2D eigenvalue weighted by Gasteiger charge is 2.20. The molecule has 0 heterocycles. The fourth-order valence-corrected chi connectivity index (χ4v) is 2.92. The third-order valence-corrected chi connectivity index (χ3v) is 4.21. The predicted octanol–water partition coefficient (Wildman–Crippen LogP) is 5.39. The molecule has 0 aliphatic carbocycles. The molecule has 3 rings (SSSR count). The van der Waals surface area contributed by atoms with E-state index < -0.39 is 11.9 Å². The van der Waals surface area contributed by atoms with Gasteiger partial charge in [-0.2, -0.15) is 0 Å². The highest BCUT2D eigenvalue weighted by molar-refractivity contribution is 5.93. The van der Waals surface area contributed by atoms with Crippen LogP contribution in [-0.4, -0.2) is 11.9 Å². The van der Waals surface area contributed by atoms with Crippen LogP contribution in [0.15, 0.2) is 72.8 Å². The Morgan fingerprint density at radius 3 is 1.86 bits per heavy atom. The molecule has 0 fully saturated rings. The summed E-state index contributed by atoms with van der Waals surface area (Å²) in [6, 6.07) is 21.2. The molecule has 0 aliphatic heterocycles. The highest BCUT2D eigenvalue weighted by Crippen LogP contribution is 2.35. The summed E-state index contributed by atoms with van der Waals surface area (Å²) in [7, 11) is 0. The van der Waals surface area contributed by atoms with Crippen LogP contribution in [0.25, 0.3) is 0 Å². The summed E-state index contributed by atoms with van der Waals surface area (Å²) in [6.07, 6.45) is 1.57. The molecule has 0 saturated heterocycles. The van der Waals surface area contributed by atoms with Crippen LogP contribution < -0.4 is 9.47 Å². The summed E-state index contributed by atoms with van der Waals surface area (Å²) in [4.78, 5) is 25.1. The minimum absolute atomic E-state index is 0.251. The van der Waals surface area contributed by atoms with Gasteiger partial charge in [-0.25, -0.2) is 9.59 Å². The van der Waals surface area contributed by atoms with E-state index in [4.69, 9.17) is 9.47 Å². The Morgan fingerprint density at radius 2 is 1.32 bits per heavy atom. The third kappa shape index (κ3) is 4.65. The van der Waals surface area contributed by atoms with Gasteiger partial charge in [0.25, 0.3) is 0 Å². The zero-order valence-electron chi connectivity index (χ0n) is 16.0. The van der Waals surface area contributed by atoms with Gasteiger partial charge in [0.15, 0.2) is 11.5 Å². The first kappa shape index (κ1) is 19.4. The first-order valence-corrected chi connectivity index (χ1v) is 9.26. The zero-order chi connectivity index (χ0) is 19.9. The molecule has 0 saturated carbocycles. The number of carbonyl (C=O) groups is 2. The Bertz CT molecular complexity index is 963. The average Bonchev–Trinajstić information content (AvgIpc) is 2.71. The topological polar surface area (TPSA) is 52.6 Å². The van der Waals surface area contributed by atoms with Crippen molar-refractivity contribution in [2.75, 3.05) is 0 Å². The van der Waals surface area contributed by atoms with E-state index in [9.17, 15) is 9.59 Å². The SMILES string of the molecule is CCCc1cc(C)cc(OC(=O)c2ccccc2)c1OC(=O)c1ccccc1. The first-order valence-electron chi connectivity index (χ1n) is 9.26. The molecule has 4 nitrogen and oxygen atoms in total. The second-order valence-corrected chi connectivity index (χ2v) is 6.51. The van der Waals surface area contributed by atoms with Gasteiger partial charge in [0.2, 0.25) is 0 Å². The van der Waals surface area contributed by atoms with Gasteiger partial charge in [0, 0.05) is 0 Å². The molecule has 142 valence electrons. The number of benzene rings is 3. The molecule has 0 radical (unpaired) electrons. The Labute approximate surface area is 164 Å². The first-order chi connectivity index (χ1) is 13.6. The summed E-state index contributed by atoms with van der Waals surface area (Å²) < 4.78 is 11.3. The summed E-state index contributed by atoms with van der Waals surface area (Å²) in [5.74, 6) is -0.434. The van der Waals surface area contributed by atoms with Crippen LogP contribution in [-0.2, 0) is 6.42 Å². The number of hydrogen-bond donors (Lipinski definition) is 0. The molecule has 0 unspecified atom stereocenters. The lowest BCUT2D eigenvalue weighted by atomic mass is 10.0. The van der Waals surface area contributed by atoms with Crippen LogP contribution >= 0.6 is 0 Å². The smallest absolute Gasteiger partial charge is 0.343 e. The Hall–Kier alpha value is -3.40. The number of carbonyl (C=O) groups excluding carboxylic acids is 2. The van der Waals surface area contributed by atoms with Crippen LogP contribution in [0.3, 0.4) is 0 Å². The van der Waals surface area contributed by atoms with Crippen molar-refractivity contribution < 1.29 is 19.1 Å². The summed E-state index contributed by atoms with van der Waals surface area (Å²) in [5.41, 5.74) is 2.63. The second-order valence-electron chi connectivity index (χ2n) is 6.51. The molecule has 0 aliphatic rings. The second kappa shape index (κ2) is 9.00. The van der Waals surface area contributed by atoms with Crippen molar-refractivity contribution in [3.05, 3.63) is 95.1 Å². The molecular weight excluding hydrogens is 352 g/mol. The Kier molecular flexibility index (Phi) is 6.22. The van der Waals surface area contributed by atoms with Gasteiger partial charge in [-0.1, -0.05) is 55.8 Å². The van der Waals surface area contributed by atoms with Gasteiger partial charge < -0.3 is 9.47 Å². The summed E-state index contributed by atoms with van der Waals surface area (Å²) in [5, 5.41) is 0. The Morgan fingerprint density at radius 1 is 0.786 bits per heavy atom. The van der Waals surface area contributed by atoms with Crippen LogP contribution in [0.2, 0.25) is 0 Å². The standard InChI is InChI=1S/C24H22O4/c1-3-10-20-15-17(2)16-21(27-23(25)18-11-6-4-7-12-18)22(20)28-24(26)19-13-8-5-9-14-19/h4-9,11-16H,3,10H2,1-2H3. The molecule has 4 heteroatoms. The molecule has 0 aromatic heterocycles. The quantitative estimate of drug-likeness (QED) is 0.429. The van der Waals surface area contributed by atoms with E-state index in [1.807, 2.05) is 32.0 Å². The number of ether oxygens (including phenoxy) is 2. The van der Waals surface area contributed by atoms with Gasteiger partial charge in [0.05, 0.1) is 11.1 Å². The lowest BCUT2D eigenvalue weighted by Crippen LogP contribution is -2.14. The normalized spacial score (nSPS) is 10.4. The molecule has 0 N–H and O–H groups in total. The molecule has 28 heavy (non-hydrogen) atoms. The molecule has 0 spiro atoms. The Balaban J connectivity index is 1.96. The molecule has 0 atom stereocenters. The number of hydrogen-bond acceptors (Lipinski definition) is 4. The van der Waals surface area contributed by atoms with Crippen LogP contribution in [0.5, 0.6) is 11.5 Å². The van der Waals surface area contributed by atoms with E-state index in [1.54, 1.807) is 54.6 Å². The number of rotatable bonds is 6. The van der Waals surface area contributed by atoms with E-state index in [0.29, 0.717) is 23.3 Å². The van der Waals surface area contributed by atoms with Crippen molar-refractivity contribution >= 4 is 11.9 Å². The average molecular weight is 374 g/mol.